The Morgan fingerprint density at radius 1 is 0.476 bits per heavy atom. The van der Waals surface area contributed by atoms with Crippen molar-refractivity contribution in [2.45, 2.75) is 5.41 Å². The zero-order valence-electron chi connectivity index (χ0n) is 10.8. The minimum Gasteiger partial charge on any atom is -0.143 e. The maximum Gasteiger partial charge on any atom is 0.0759 e. The van der Waals surface area contributed by atoms with E-state index in [2.05, 4.69) is 45.8 Å². The van der Waals surface area contributed by atoms with Crippen molar-refractivity contribution in [2.24, 2.45) is 0 Å². The molecule has 4 aromatic rings. The van der Waals surface area contributed by atoms with E-state index in [9.17, 15) is 0 Å². The first kappa shape index (κ1) is 11.4. The normalized spacial score (nSPS) is 16.0. The molecule has 6 rings (SSSR count). The van der Waals surface area contributed by atoms with Gasteiger partial charge >= 0.3 is 0 Å². The fourth-order valence-corrected chi connectivity index (χ4v) is 8.19. The highest BCUT2D eigenvalue weighted by Gasteiger charge is 2.53. The zero-order chi connectivity index (χ0) is 13.6. The highest BCUT2D eigenvalue weighted by Crippen LogP contribution is 2.66. The quantitative estimate of drug-likeness (QED) is 0.305. The van der Waals surface area contributed by atoms with Crippen LogP contribution in [0.5, 0.6) is 0 Å². The van der Waals surface area contributed by atoms with Crippen molar-refractivity contribution < 1.29 is 0 Å². The third-order valence-electron chi connectivity index (χ3n) is 4.69. The van der Waals surface area contributed by atoms with Crippen LogP contribution >= 0.6 is 45.3 Å². The van der Waals surface area contributed by atoms with Gasteiger partial charge in [0.1, 0.15) is 0 Å². The van der Waals surface area contributed by atoms with Crippen molar-refractivity contribution in [1.82, 2.24) is 0 Å². The van der Waals surface area contributed by atoms with Crippen LogP contribution in [0.15, 0.2) is 45.8 Å². The second-order valence-corrected chi connectivity index (χ2v) is 9.07. The predicted octanol–water partition coefficient (Wildman–Crippen LogP) is 6.28. The van der Waals surface area contributed by atoms with E-state index in [0.717, 1.165) is 0 Å². The highest BCUT2D eigenvalue weighted by atomic mass is 32.1. The number of hydrogen-bond donors (Lipinski definition) is 0. The van der Waals surface area contributed by atoms with E-state index in [1.807, 2.05) is 45.3 Å². The molecule has 0 unspecified atom stereocenters. The Balaban J connectivity index is 1.90. The van der Waals surface area contributed by atoms with E-state index in [0.29, 0.717) is 0 Å². The molecule has 0 aromatic carbocycles. The molecular formula is C17H8S4. The lowest BCUT2D eigenvalue weighted by molar-refractivity contribution is 0.802. The van der Waals surface area contributed by atoms with Gasteiger partial charge in [-0.25, -0.2) is 0 Å². The maximum absolute atomic E-state index is 2.35. The van der Waals surface area contributed by atoms with Crippen LogP contribution in [-0.4, -0.2) is 0 Å². The smallest absolute Gasteiger partial charge is 0.0759 e. The molecule has 21 heavy (non-hydrogen) atoms. The third-order valence-corrected chi connectivity index (χ3v) is 8.68. The summed E-state index contributed by atoms with van der Waals surface area (Å²) in [7, 11) is 0. The molecule has 0 amide bonds. The summed E-state index contributed by atoms with van der Waals surface area (Å²) in [5, 5.41) is 9.02. The first-order valence-electron chi connectivity index (χ1n) is 6.75. The minimum atomic E-state index is -0.0185. The Morgan fingerprint density at radius 2 is 0.762 bits per heavy atom. The molecule has 0 aliphatic heterocycles. The summed E-state index contributed by atoms with van der Waals surface area (Å²) in [6.45, 7) is 0. The number of thiophene rings is 4. The predicted molar refractivity (Wildman–Crippen MR) is 94.2 cm³/mol. The van der Waals surface area contributed by atoms with Crippen LogP contribution in [0.1, 0.15) is 22.3 Å². The van der Waals surface area contributed by atoms with Crippen molar-refractivity contribution in [1.29, 1.82) is 0 Å². The van der Waals surface area contributed by atoms with Gasteiger partial charge in [0.25, 0.3) is 0 Å². The number of hydrogen-bond acceptors (Lipinski definition) is 4. The Labute approximate surface area is 138 Å². The van der Waals surface area contributed by atoms with Crippen molar-refractivity contribution in [2.75, 3.05) is 0 Å². The molecule has 0 fully saturated rings. The maximum atomic E-state index is 2.35. The van der Waals surface area contributed by atoms with Crippen molar-refractivity contribution in [3.8, 4) is 19.5 Å². The standard InChI is InChI=1S/C17H8S4/c1-5-18-13-9(1)17(10-2-6-19-14(10)13)11-3-7-20-15(11)16-12(17)4-8-21-16/h1-8H. The van der Waals surface area contributed by atoms with Crippen LogP contribution in [0.3, 0.4) is 0 Å². The minimum absolute atomic E-state index is 0.0185. The molecule has 100 valence electrons. The molecule has 2 aliphatic carbocycles. The molecule has 4 heteroatoms. The summed E-state index contributed by atoms with van der Waals surface area (Å²) in [5.74, 6) is 0. The number of fused-ring (bicyclic) bond motifs is 10. The molecule has 0 atom stereocenters. The fraction of sp³-hybridized carbons (Fsp3) is 0.0588. The molecular weight excluding hydrogens is 332 g/mol. The highest BCUT2D eigenvalue weighted by molar-refractivity contribution is 7.22. The molecule has 0 N–H and O–H groups in total. The lowest BCUT2D eigenvalue weighted by Gasteiger charge is -2.27. The Bertz CT molecular complexity index is 841. The second-order valence-electron chi connectivity index (χ2n) is 5.40. The van der Waals surface area contributed by atoms with Gasteiger partial charge in [-0.1, -0.05) is 0 Å². The van der Waals surface area contributed by atoms with Crippen molar-refractivity contribution >= 4 is 45.3 Å². The van der Waals surface area contributed by atoms with Gasteiger partial charge in [-0.05, 0) is 68.0 Å². The summed E-state index contributed by atoms with van der Waals surface area (Å²) in [6, 6.07) is 9.39. The second kappa shape index (κ2) is 3.58. The topological polar surface area (TPSA) is 0 Å². The van der Waals surface area contributed by atoms with E-state index in [1.165, 1.54) is 41.8 Å². The average molecular weight is 341 g/mol. The van der Waals surface area contributed by atoms with Gasteiger partial charge in [-0.15, -0.1) is 45.3 Å². The van der Waals surface area contributed by atoms with Crippen LogP contribution in [-0.2, 0) is 5.41 Å². The molecule has 0 bridgehead atoms. The van der Waals surface area contributed by atoms with Crippen LogP contribution < -0.4 is 0 Å². The third kappa shape index (κ3) is 1.06. The molecule has 4 heterocycles. The fourth-order valence-electron chi connectivity index (χ4n) is 3.99. The van der Waals surface area contributed by atoms with E-state index in [-0.39, 0.29) is 5.41 Å². The summed E-state index contributed by atoms with van der Waals surface area (Å²) < 4.78 is 0. The van der Waals surface area contributed by atoms with E-state index < -0.39 is 0 Å². The van der Waals surface area contributed by atoms with Gasteiger partial charge in [0.05, 0.1) is 5.41 Å². The van der Waals surface area contributed by atoms with Gasteiger partial charge < -0.3 is 0 Å². The lowest BCUT2D eigenvalue weighted by atomic mass is 9.73. The molecule has 0 radical (unpaired) electrons. The van der Waals surface area contributed by atoms with Gasteiger partial charge in [0.2, 0.25) is 0 Å². The Morgan fingerprint density at radius 3 is 1.05 bits per heavy atom. The zero-order valence-corrected chi connectivity index (χ0v) is 14.0. The van der Waals surface area contributed by atoms with Crippen LogP contribution in [0.2, 0.25) is 0 Å². The van der Waals surface area contributed by atoms with Crippen LogP contribution in [0, 0.1) is 0 Å². The Hall–Kier alpha value is -1.20. The Kier molecular flexibility index (Phi) is 1.94. The van der Waals surface area contributed by atoms with E-state index in [1.54, 1.807) is 0 Å². The van der Waals surface area contributed by atoms with Gasteiger partial charge in [0, 0.05) is 19.5 Å². The van der Waals surface area contributed by atoms with E-state index in [4.69, 9.17) is 0 Å². The average Bonchev–Trinajstić information content (AvgIpc) is 3.26. The molecule has 2 aliphatic rings. The molecule has 4 aromatic heterocycles. The summed E-state index contributed by atoms with van der Waals surface area (Å²) >= 11 is 7.57. The first-order valence-corrected chi connectivity index (χ1v) is 10.3. The summed E-state index contributed by atoms with van der Waals surface area (Å²) in [6.07, 6.45) is 0. The molecule has 0 saturated heterocycles. The van der Waals surface area contributed by atoms with Gasteiger partial charge in [-0.2, -0.15) is 0 Å². The van der Waals surface area contributed by atoms with Crippen molar-refractivity contribution in [3.05, 3.63) is 68.0 Å². The lowest BCUT2D eigenvalue weighted by Crippen LogP contribution is -2.24. The largest absolute Gasteiger partial charge is 0.143 e. The van der Waals surface area contributed by atoms with Gasteiger partial charge in [-0.3, -0.25) is 0 Å². The molecule has 0 saturated carbocycles. The first-order chi connectivity index (χ1) is 10.4. The van der Waals surface area contributed by atoms with Crippen LogP contribution in [0.25, 0.3) is 19.5 Å². The van der Waals surface area contributed by atoms with Crippen LogP contribution in [0.4, 0.5) is 0 Å². The SMILES string of the molecule is c1cc2c(s1)-c1sccc1C21c2ccsc2-c2sccc21. The summed E-state index contributed by atoms with van der Waals surface area (Å²) in [4.78, 5) is 5.93. The monoisotopic (exact) mass is 340 g/mol. The molecule has 0 nitrogen and oxygen atoms in total. The summed E-state index contributed by atoms with van der Waals surface area (Å²) in [5.41, 5.74) is 6.00. The van der Waals surface area contributed by atoms with E-state index >= 15 is 0 Å². The van der Waals surface area contributed by atoms with Crippen molar-refractivity contribution in [3.63, 3.8) is 0 Å². The van der Waals surface area contributed by atoms with Gasteiger partial charge in [0.15, 0.2) is 0 Å². The molecule has 1 spiro atoms. The number of rotatable bonds is 0.